The molecule has 0 aliphatic carbocycles. The third-order valence-corrected chi connectivity index (χ3v) is 5.16. The Kier molecular flexibility index (Phi) is 7.27. The van der Waals surface area contributed by atoms with Crippen LogP contribution in [0.5, 0.6) is 5.75 Å². The first kappa shape index (κ1) is 19.9. The van der Waals surface area contributed by atoms with E-state index in [1.165, 1.54) is 6.42 Å². The van der Waals surface area contributed by atoms with Gasteiger partial charge in [-0.2, -0.15) is 0 Å². The van der Waals surface area contributed by atoms with Crippen molar-refractivity contribution in [3.05, 3.63) is 65.7 Å². The molecule has 2 atom stereocenters. The predicted molar refractivity (Wildman–Crippen MR) is 106 cm³/mol. The van der Waals surface area contributed by atoms with Crippen molar-refractivity contribution in [3.8, 4) is 5.75 Å². The zero-order valence-corrected chi connectivity index (χ0v) is 16.4. The van der Waals surface area contributed by atoms with Gasteiger partial charge >= 0.3 is 0 Å². The summed E-state index contributed by atoms with van der Waals surface area (Å²) in [6, 6.07) is 18.3. The molecule has 2 aromatic carbocycles. The molecule has 0 radical (unpaired) electrons. The van der Waals surface area contributed by atoms with Crippen LogP contribution in [-0.2, 0) is 26.4 Å². The minimum Gasteiger partial charge on any atom is -0.489 e. The van der Waals surface area contributed by atoms with E-state index in [0.717, 1.165) is 42.7 Å². The molecule has 1 heterocycles. The fourth-order valence-corrected chi connectivity index (χ4v) is 3.25. The van der Waals surface area contributed by atoms with Crippen molar-refractivity contribution < 1.29 is 18.9 Å². The third-order valence-electron chi connectivity index (χ3n) is 5.16. The molecular formula is C23H30O4. The molecule has 2 aromatic rings. The van der Waals surface area contributed by atoms with E-state index < -0.39 is 5.60 Å². The number of rotatable bonds is 9. The Morgan fingerprint density at radius 1 is 1.07 bits per heavy atom. The van der Waals surface area contributed by atoms with Crippen molar-refractivity contribution in [1.82, 2.24) is 0 Å². The van der Waals surface area contributed by atoms with Gasteiger partial charge in [0.2, 0.25) is 0 Å². The quantitative estimate of drug-likeness (QED) is 0.618. The average molecular weight is 370 g/mol. The van der Waals surface area contributed by atoms with E-state index in [-0.39, 0.29) is 6.29 Å². The molecule has 1 aliphatic rings. The summed E-state index contributed by atoms with van der Waals surface area (Å²) in [6.45, 7) is 4.04. The van der Waals surface area contributed by atoms with Crippen LogP contribution in [0.1, 0.15) is 43.7 Å². The van der Waals surface area contributed by atoms with Gasteiger partial charge in [-0.25, -0.2) is 0 Å². The third kappa shape index (κ3) is 5.80. The van der Waals surface area contributed by atoms with Gasteiger partial charge in [0.1, 0.15) is 12.4 Å². The van der Waals surface area contributed by atoms with E-state index in [1.54, 1.807) is 7.11 Å². The standard InChI is InChI=1S/C23H30O4/c1-23(24-2,14-16-26-22-13-6-7-15-25-22)20-11-8-12-21(17-20)27-18-19-9-4-3-5-10-19/h3-5,8-12,17,22H,6-7,13-16,18H2,1-2H3. The normalized spacial score (nSPS) is 19.4. The van der Waals surface area contributed by atoms with Gasteiger partial charge in [-0.3, -0.25) is 0 Å². The molecule has 0 spiro atoms. The summed E-state index contributed by atoms with van der Waals surface area (Å²) in [5, 5.41) is 0. The molecule has 4 heteroatoms. The largest absolute Gasteiger partial charge is 0.489 e. The van der Waals surface area contributed by atoms with Crippen LogP contribution in [0.3, 0.4) is 0 Å². The zero-order chi connectivity index (χ0) is 19.0. The molecule has 4 nitrogen and oxygen atoms in total. The Bertz CT molecular complexity index is 682. The number of ether oxygens (including phenoxy) is 4. The van der Waals surface area contributed by atoms with Crippen molar-refractivity contribution in [2.45, 2.75) is 51.1 Å². The smallest absolute Gasteiger partial charge is 0.157 e. The van der Waals surface area contributed by atoms with Gasteiger partial charge in [0, 0.05) is 20.1 Å². The van der Waals surface area contributed by atoms with E-state index in [0.29, 0.717) is 13.2 Å². The minimum atomic E-state index is -0.430. The molecule has 146 valence electrons. The number of benzene rings is 2. The Morgan fingerprint density at radius 2 is 1.93 bits per heavy atom. The lowest BCUT2D eigenvalue weighted by Gasteiger charge is -2.30. The summed E-state index contributed by atoms with van der Waals surface area (Å²) < 4.78 is 23.4. The van der Waals surface area contributed by atoms with Gasteiger partial charge in [-0.05, 0) is 49.4 Å². The van der Waals surface area contributed by atoms with Gasteiger partial charge in [0.05, 0.1) is 12.2 Å². The van der Waals surface area contributed by atoms with Crippen LogP contribution in [0.25, 0.3) is 0 Å². The van der Waals surface area contributed by atoms with Crippen molar-refractivity contribution in [2.75, 3.05) is 20.3 Å². The van der Waals surface area contributed by atoms with Crippen LogP contribution in [0.15, 0.2) is 54.6 Å². The summed E-state index contributed by atoms with van der Waals surface area (Å²) >= 11 is 0. The highest BCUT2D eigenvalue weighted by Crippen LogP contribution is 2.31. The van der Waals surface area contributed by atoms with E-state index >= 15 is 0 Å². The molecular weight excluding hydrogens is 340 g/mol. The van der Waals surface area contributed by atoms with E-state index in [9.17, 15) is 0 Å². The lowest BCUT2D eigenvalue weighted by atomic mass is 9.92. The molecule has 1 aliphatic heterocycles. The van der Waals surface area contributed by atoms with Crippen LogP contribution < -0.4 is 4.74 Å². The van der Waals surface area contributed by atoms with Crippen LogP contribution >= 0.6 is 0 Å². The Balaban J connectivity index is 1.58. The van der Waals surface area contributed by atoms with E-state index in [2.05, 4.69) is 31.2 Å². The molecule has 3 rings (SSSR count). The Hall–Kier alpha value is -1.88. The topological polar surface area (TPSA) is 36.9 Å². The molecule has 0 amide bonds. The maximum Gasteiger partial charge on any atom is 0.157 e. The van der Waals surface area contributed by atoms with Crippen molar-refractivity contribution in [2.24, 2.45) is 0 Å². The second-order valence-corrected chi connectivity index (χ2v) is 7.15. The fraction of sp³-hybridized carbons (Fsp3) is 0.478. The number of hydrogen-bond donors (Lipinski definition) is 0. The van der Waals surface area contributed by atoms with Crippen molar-refractivity contribution >= 4 is 0 Å². The SMILES string of the molecule is COC(C)(CCOC1CCCCO1)c1cccc(OCc2ccccc2)c1. The van der Waals surface area contributed by atoms with Gasteiger partial charge in [-0.1, -0.05) is 42.5 Å². The van der Waals surface area contributed by atoms with Gasteiger partial charge in [0.25, 0.3) is 0 Å². The van der Waals surface area contributed by atoms with Gasteiger partial charge in [0.15, 0.2) is 6.29 Å². The van der Waals surface area contributed by atoms with Crippen LogP contribution in [0, 0.1) is 0 Å². The summed E-state index contributed by atoms with van der Waals surface area (Å²) in [5.74, 6) is 0.844. The van der Waals surface area contributed by atoms with Crippen LogP contribution in [0.2, 0.25) is 0 Å². The molecule has 2 unspecified atom stereocenters. The summed E-state index contributed by atoms with van der Waals surface area (Å²) in [5.41, 5.74) is 1.81. The second kappa shape index (κ2) is 9.88. The highest BCUT2D eigenvalue weighted by Gasteiger charge is 2.27. The summed E-state index contributed by atoms with van der Waals surface area (Å²) in [6.07, 6.45) is 3.97. The van der Waals surface area contributed by atoms with Crippen LogP contribution in [0.4, 0.5) is 0 Å². The molecule has 0 bridgehead atoms. The first-order valence-corrected chi connectivity index (χ1v) is 9.75. The zero-order valence-electron chi connectivity index (χ0n) is 16.4. The molecule has 0 aromatic heterocycles. The number of methoxy groups -OCH3 is 1. The molecule has 0 saturated carbocycles. The van der Waals surface area contributed by atoms with Crippen molar-refractivity contribution in [3.63, 3.8) is 0 Å². The van der Waals surface area contributed by atoms with Gasteiger partial charge < -0.3 is 18.9 Å². The number of hydrogen-bond acceptors (Lipinski definition) is 4. The van der Waals surface area contributed by atoms with Crippen molar-refractivity contribution in [1.29, 1.82) is 0 Å². The monoisotopic (exact) mass is 370 g/mol. The maximum absolute atomic E-state index is 5.97. The minimum absolute atomic E-state index is 0.0691. The highest BCUT2D eigenvalue weighted by molar-refractivity contribution is 5.32. The lowest BCUT2D eigenvalue weighted by molar-refractivity contribution is -0.170. The first-order chi connectivity index (χ1) is 13.2. The molecule has 1 saturated heterocycles. The second-order valence-electron chi connectivity index (χ2n) is 7.15. The van der Waals surface area contributed by atoms with E-state index in [1.807, 2.05) is 30.3 Å². The van der Waals surface area contributed by atoms with E-state index in [4.69, 9.17) is 18.9 Å². The maximum atomic E-state index is 5.97. The molecule has 27 heavy (non-hydrogen) atoms. The first-order valence-electron chi connectivity index (χ1n) is 9.75. The summed E-state index contributed by atoms with van der Waals surface area (Å²) in [4.78, 5) is 0. The Labute approximate surface area is 162 Å². The summed E-state index contributed by atoms with van der Waals surface area (Å²) in [7, 11) is 1.74. The fourth-order valence-electron chi connectivity index (χ4n) is 3.25. The average Bonchev–Trinajstić information content (AvgIpc) is 2.74. The van der Waals surface area contributed by atoms with Gasteiger partial charge in [-0.15, -0.1) is 0 Å². The Morgan fingerprint density at radius 3 is 2.67 bits per heavy atom. The molecule has 0 N–H and O–H groups in total. The predicted octanol–water partition coefficient (Wildman–Crippen LogP) is 5.06. The van der Waals surface area contributed by atoms with Crippen LogP contribution in [-0.4, -0.2) is 26.6 Å². The molecule has 1 fully saturated rings. The highest BCUT2D eigenvalue weighted by atomic mass is 16.7. The lowest BCUT2D eigenvalue weighted by Crippen LogP contribution is -2.29.